The van der Waals surface area contributed by atoms with E-state index in [0.29, 0.717) is 0 Å². The highest BCUT2D eigenvalue weighted by Gasteiger charge is 2.05. The summed E-state index contributed by atoms with van der Waals surface area (Å²) in [7, 11) is -0.152. The summed E-state index contributed by atoms with van der Waals surface area (Å²) in [6.45, 7) is 9.14. The Morgan fingerprint density at radius 3 is 2.27 bits per heavy atom. The van der Waals surface area contributed by atoms with Gasteiger partial charge in [-0.2, -0.15) is 0 Å². The largest absolute Gasteiger partial charge is 0.353 e. The molecule has 0 fully saturated rings. The molecule has 0 aromatic rings. The summed E-state index contributed by atoms with van der Waals surface area (Å²) in [5, 5.41) is 0. The van der Waals surface area contributed by atoms with Gasteiger partial charge in [-0.15, -0.1) is 12.3 Å². The first kappa shape index (κ1) is 10.9. The molecule has 11 heavy (non-hydrogen) atoms. The molecule has 2 nitrogen and oxygen atoms in total. The first-order valence-corrected chi connectivity index (χ1v) is 6.00. The second-order valence-electron chi connectivity index (χ2n) is 2.21. The highest BCUT2D eigenvalue weighted by atomic mass is 28.2. The molecule has 0 saturated heterocycles. The zero-order chi connectivity index (χ0) is 8.53. The van der Waals surface area contributed by atoms with Crippen molar-refractivity contribution in [3.05, 3.63) is 12.3 Å². The lowest BCUT2D eigenvalue weighted by atomic mass is 10.7. The predicted octanol–water partition coefficient (Wildman–Crippen LogP) is 1.12. The van der Waals surface area contributed by atoms with Crippen LogP contribution in [0.3, 0.4) is 0 Å². The van der Waals surface area contributed by atoms with Crippen LogP contribution in [0.1, 0.15) is 13.8 Å². The molecule has 66 valence electrons. The van der Waals surface area contributed by atoms with Crippen molar-refractivity contribution in [3.8, 4) is 0 Å². The third-order valence-corrected chi connectivity index (χ3v) is 2.52. The zero-order valence-corrected chi connectivity index (χ0v) is 8.92. The minimum atomic E-state index is -0.152. The monoisotopic (exact) mass is 174 g/mol. The van der Waals surface area contributed by atoms with Crippen LogP contribution in [0.25, 0.3) is 0 Å². The molecule has 0 rings (SSSR count). The smallest absolute Gasteiger partial charge is 0.155 e. The summed E-state index contributed by atoms with van der Waals surface area (Å²) in [4.78, 5) is 0. The molecule has 0 aliphatic heterocycles. The third kappa shape index (κ3) is 6.28. The molecule has 0 aromatic heterocycles. The van der Waals surface area contributed by atoms with Crippen molar-refractivity contribution in [3.63, 3.8) is 0 Å². The van der Waals surface area contributed by atoms with E-state index in [9.17, 15) is 0 Å². The average Bonchev–Trinajstić information content (AvgIpc) is 2.01. The Morgan fingerprint density at radius 2 is 1.91 bits per heavy atom. The molecule has 0 saturated carbocycles. The van der Waals surface area contributed by atoms with Gasteiger partial charge in [-0.05, 0) is 19.9 Å². The van der Waals surface area contributed by atoms with Crippen LogP contribution in [0.4, 0.5) is 0 Å². The van der Waals surface area contributed by atoms with E-state index in [4.69, 9.17) is 9.47 Å². The van der Waals surface area contributed by atoms with Gasteiger partial charge in [0.05, 0.1) is 9.52 Å². The van der Waals surface area contributed by atoms with Crippen LogP contribution in [-0.4, -0.2) is 29.0 Å². The molecular formula is C8H18O2Si. The Balaban J connectivity index is 3.41. The molecule has 0 radical (unpaired) electrons. The molecule has 0 aromatic carbocycles. The molecule has 0 atom stereocenters. The summed E-state index contributed by atoms with van der Waals surface area (Å²) in [5.41, 5.74) is 2.02. The van der Waals surface area contributed by atoms with Gasteiger partial charge >= 0.3 is 0 Å². The molecular weight excluding hydrogens is 156 g/mol. The summed E-state index contributed by atoms with van der Waals surface area (Å²) in [6, 6.07) is 1.05. The van der Waals surface area contributed by atoms with Crippen LogP contribution in [0.15, 0.2) is 12.3 Å². The van der Waals surface area contributed by atoms with Crippen LogP contribution in [0.5, 0.6) is 0 Å². The lowest BCUT2D eigenvalue weighted by Crippen LogP contribution is -2.18. The van der Waals surface area contributed by atoms with Crippen LogP contribution < -0.4 is 0 Å². The van der Waals surface area contributed by atoms with Gasteiger partial charge in [0, 0.05) is 13.2 Å². The first-order valence-electron chi connectivity index (χ1n) is 4.19. The number of hydrogen-bond donors (Lipinski definition) is 0. The van der Waals surface area contributed by atoms with Gasteiger partial charge in [0.25, 0.3) is 0 Å². The predicted molar refractivity (Wildman–Crippen MR) is 50.6 cm³/mol. The van der Waals surface area contributed by atoms with Crippen molar-refractivity contribution < 1.29 is 9.47 Å². The summed E-state index contributed by atoms with van der Waals surface area (Å²) < 4.78 is 10.7. The lowest BCUT2D eigenvalue weighted by Gasteiger charge is -2.15. The van der Waals surface area contributed by atoms with Crippen LogP contribution in [0, 0.1) is 0 Å². The van der Waals surface area contributed by atoms with Crippen molar-refractivity contribution in [1.82, 2.24) is 0 Å². The van der Waals surface area contributed by atoms with Gasteiger partial charge in [-0.1, -0.05) is 0 Å². The van der Waals surface area contributed by atoms with Crippen molar-refractivity contribution in [2.45, 2.75) is 26.2 Å². The van der Waals surface area contributed by atoms with E-state index in [2.05, 4.69) is 6.58 Å². The minimum absolute atomic E-state index is 0.0228. The average molecular weight is 174 g/mol. The number of rotatable bonds is 7. The van der Waals surface area contributed by atoms with Gasteiger partial charge in [0.2, 0.25) is 0 Å². The summed E-state index contributed by atoms with van der Waals surface area (Å²) >= 11 is 0. The second-order valence-corrected chi connectivity index (χ2v) is 3.94. The van der Waals surface area contributed by atoms with Crippen molar-refractivity contribution in [1.29, 1.82) is 0 Å². The van der Waals surface area contributed by atoms with Gasteiger partial charge in [0.1, 0.15) is 0 Å². The Morgan fingerprint density at radius 1 is 1.36 bits per heavy atom. The van der Waals surface area contributed by atoms with E-state index in [1.54, 1.807) is 0 Å². The maximum Gasteiger partial charge on any atom is 0.155 e. The molecule has 0 spiro atoms. The Bertz CT molecular complexity index is 90.1. The van der Waals surface area contributed by atoms with Crippen molar-refractivity contribution >= 4 is 9.52 Å². The maximum atomic E-state index is 5.35. The van der Waals surface area contributed by atoms with E-state index >= 15 is 0 Å². The van der Waals surface area contributed by atoms with Crippen molar-refractivity contribution in [2.24, 2.45) is 0 Å². The number of hydrogen-bond acceptors (Lipinski definition) is 2. The van der Waals surface area contributed by atoms with Gasteiger partial charge in [-0.25, -0.2) is 0 Å². The molecule has 0 aliphatic rings. The number of ether oxygens (including phenoxy) is 2. The fourth-order valence-corrected chi connectivity index (χ4v) is 1.68. The van der Waals surface area contributed by atoms with Crippen LogP contribution in [0.2, 0.25) is 6.04 Å². The maximum absolute atomic E-state index is 5.35. The van der Waals surface area contributed by atoms with E-state index < -0.39 is 0 Å². The Labute approximate surface area is 71.4 Å². The highest BCUT2D eigenvalue weighted by molar-refractivity contribution is 6.41. The molecule has 0 amide bonds. The quantitative estimate of drug-likeness (QED) is 0.425. The summed E-state index contributed by atoms with van der Waals surface area (Å²) in [6.07, 6.45) is 0.0228. The molecule has 3 heteroatoms. The van der Waals surface area contributed by atoms with E-state index in [0.717, 1.165) is 19.3 Å². The first-order chi connectivity index (χ1) is 5.35. The van der Waals surface area contributed by atoms with Gasteiger partial charge in [-0.3, -0.25) is 0 Å². The second kappa shape index (κ2) is 7.98. The standard InChI is InChI=1S/C8H18O2Si/c1-4-9-8(10-5-2)7-11-6-3/h6,8H,3-5,7,11H2,1-2H3. The Hall–Kier alpha value is -0.123. The molecule has 0 aliphatic carbocycles. The highest BCUT2D eigenvalue weighted by Crippen LogP contribution is 2.00. The van der Waals surface area contributed by atoms with Crippen LogP contribution in [-0.2, 0) is 9.47 Å². The van der Waals surface area contributed by atoms with Crippen molar-refractivity contribution in [2.75, 3.05) is 13.2 Å². The molecule has 0 bridgehead atoms. The van der Waals surface area contributed by atoms with Gasteiger partial charge in [0.15, 0.2) is 6.29 Å². The third-order valence-electron chi connectivity index (χ3n) is 1.31. The molecule has 0 N–H and O–H groups in total. The molecule has 0 unspecified atom stereocenters. The Kier molecular flexibility index (Phi) is 7.89. The SMILES string of the molecule is C=C[SiH2]CC(OCC)OCC. The van der Waals surface area contributed by atoms with E-state index in [1.807, 2.05) is 19.5 Å². The van der Waals surface area contributed by atoms with Gasteiger partial charge < -0.3 is 9.47 Å². The van der Waals surface area contributed by atoms with Crippen LogP contribution >= 0.6 is 0 Å². The topological polar surface area (TPSA) is 18.5 Å². The normalized spacial score (nSPS) is 11.5. The zero-order valence-electron chi connectivity index (χ0n) is 7.51. The fraction of sp³-hybridized carbons (Fsp3) is 0.750. The lowest BCUT2D eigenvalue weighted by molar-refractivity contribution is -0.122. The minimum Gasteiger partial charge on any atom is -0.353 e. The fourth-order valence-electron chi connectivity index (χ4n) is 0.840. The summed E-state index contributed by atoms with van der Waals surface area (Å²) in [5.74, 6) is 0. The van der Waals surface area contributed by atoms with E-state index in [-0.39, 0.29) is 15.8 Å². The molecule has 0 heterocycles. The van der Waals surface area contributed by atoms with E-state index in [1.165, 1.54) is 0 Å².